The van der Waals surface area contributed by atoms with Gasteiger partial charge in [0.15, 0.2) is 0 Å². The van der Waals surface area contributed by atoms with Crippen LogP contribution in [0.3, 0.4) is 0 Å². The van der Waals surface area contributed by atoms with E-state index in [1.54, 1.807) is 24.3 Å². The van der Waals surface area contributed by atoms with Crippen molar-refractivity contribution in [2.24, 2.45) is 0 Å². The molecule has 2 N–H and O–H groups in total. The molecule has 0 atom stereocenters. The zero-order valence-electron chi connectivity index (χ0n) is 10.3. The summed E-state index contributed by atoms with van der Waals surface area (Å²) in [7, 11) is 0. The average Bonchev–Trinajstić information content (AvgIpc) is 2.41. The van der Waals surface area contributed by atoms with Gasteiger partial charge in [-0.1, -0.05) is 12.1 Å². The molecular formula is C13H10N4O3. The maximum atomic E-state index is 10.6. The summed E-state index contributed by atoms with van der Waals surface area (Å²) in [5.74, 6) is 0.474. The van der Waals surface area contributed by atoms with Crippen LogP contribution in [0.5, 0.6) is 11.6 Å². The number of nitriles is 1. The number of nitrogens with two attached hydrogens (primary N) is 1. The lowest BCUT2D eigenvalue weighted by molar-refractivity contribution is -0.384. The number of ether oxygens (including phenoxy) is 1. The first kappa shape index (κ1) is 13.3. The molecule has 7 heteroatoms. The molecule has 0 saturated heterocycles. The molecule has 7 nitrogen and oxygen atoms in total. The molecule has 1 aromatic carbocycles. The highest BCUT2D eigenvalue weighted by Gasteiger charge is 2.13. The van der Waals surface area contributed by atoms with Crippen molar-refractivity contribution in [1.82, 2.24) is 4.98 Å². The Morgan fingerprint density at radius 3 is 2.55 bits per heavy atom. The van der Waals surface area contributed by atoms with E-state index in [1.165, 1.54) is 12.1 Å². The number of hydrogen-bond donors (Lipinski definition) is 1. The van der Waals surface area contributed by atoms with Gasteiger partial charge in [-0.2, -0.15) is 10.2 Å². The lowest BCUT2D eigenvalue weighted by Crippen LogP contribution is -1.99. The Bertz CT molecular complexity index is 677. The topological polar surface area (TPSA) is 115 Å². The monoisotopic (exact) mass is 270 g/mol. The SMILES string of the molecule is N#CCc1ccc(Oc2ccc([N+](=O)[O-])c(N)n2)cc1. The van der Waals surface area contributed by atoms with Gasteiger partial charge in [-0.05, 0) is 17.7 Å². The number of pyridine rings is 1. The predicted molar refractivity (Wildman–Crippen MR) is 71.1 cm³/mol. The van der Waals surface area contributed by atoms with Crippen LogP contribution in [0.2, 0.25) is 0 Å². The number of hydrogen-bond acceptors (Lipinski definition) is 6. The van der Waals surface area contributed by atoms with Crippen molar-refractivity contribution in [3.8, 4) is 17.7 Å². The fraction of sp³-hybridized carbons (Fsp3) is 0.0769. The van der Waals surface area contributed by atoms with Crippen molar-refractivity contribution in [2.75, 3.05) is 5.73 Å². The summed E-state index contributed by atoms with van der Waals surface area (Å²) >= 11 is 0. The molecule has 0 amide bonds. The molecule has 100 valence electrons. The second-order valence-corrected chi connectivity index (χ2v) is 3.89. The van der Waals surface area contributed by atoms with Crippen molar-refractivity contribution in [3.05, 3.63) is 52.1 Å². The standard InChI is InChI=1S/C13H10N4O3/c14-8-7-9-1-3-10(4-2-9)20-12-6-5-11(17(18)19)13(15)16-12/h1-6H,7H2,(H2,15,16). The van der Waals surface area contributed by atoms with Gasteiger partial charge in [-0.25, -0.2) is 0 Å². The number of benzene rings is 1. The minimum Gasteiger partial charge on any atom is -0.439 e. The summed E-state index contributed by atoms with van der Waals surface area (Å²) in [5.41, 5.74) is 6.08. The fourth-order valence-corrected chi connectivity index (χ4v) is 1.55. The van der Waals surface area contributed by atoms with E-state index < -0.39 is 4.92 Å². The summed E-state index contributed by atoms with van der Waals surface area (Å²) in [5, 5.41) is 19.2. The third kappa shape index (κ3) is 3.00. The minimum absolute atomic E-state index is 0.168. The first-order chi connectivity index (χ1) is 9.60. The molecule has 1 aromatic heterocycles. The maximum absolute atomic E-state index is 10.6. The molecule has 2 rings (SSSR count). The molecule has 0 aliphatic rings. The average molecular weight is 270 g/mol. The van der Waals surface area contributed by atoms with E-state index in [-0.39, 0.29) is 17.4 Å². The van der Waals surface area contributed by atoms with Crippen LogP contribution in [0.4, 0.5) is 11.5 Å². The van der Waals surface area contributed by atoms with E-state index >= 15 is 0 Å². The van der Waals surface area contributed by atoms with Gasteiger partial charge in [0.25, 0.3) is 0 Å². The molecule has 0 aliphatic carbocycles. The van der Waals surface area contributed by atoms with Crippen LogP contribution >= 0.6 is 0 Å². The first-order valence-electron chi connectivity index (χ1n) is 5.65. The number of nitrogens with zero attached hydrogens (tertiary/aromatic N) is 3. The third-order valence-electron chi connectivity index (χ3n) is 2.50. The van der Waals surface area contributed by atoms with E-state index in [2.05, 4.69) is 4.98 Å². The quantitative estimate of drug-likeness (QED) is 0.673. The number of rotatable bonds is 4. The second kappa shape index (κ2) is 5.67. The molecule has 2 aromatic rings. The van der Waals surface area contributed by atoms with Gasteiger partial charge in [0, 0.05) is 12.1 Å². The van der Waals surface area contributed by atoms with Crippen LogP contribution in [0.15, 0.2) is 36.4 Å². The van der Waals surface area contributed by atoms with E-state index in [0.717, 1.165) is 5.56 Å². The zero-order chi connectivity index (χ0) is 14.5. The fourth-order valence-electron chi connectivity index (χ4n) is 1.55. The van der Waals surface area contributed by atoms with Crippen LogP contribution in [0.1, 0.15) is 5.56 Å². The number of nitrogen functional groups attached to an aromatic ring is 1. The van der Waals surface area contributed by atoms with E-state index in [9.17, 15) is 10.1 Å². The van der Waals surface area contributed by atoms with Crippen LogP contribution in [-0.4, -0.2) is 9.91 Å². The van der Waals surface area contributed by atoms with Crippen molar-refractivity contribution in [3.63, 3.8) is 0 Å². The summed E-state index contributed by atoms with van der Waals surface area (Å²) in [4.78, 5) is 13.8. The van der Waals surface area contributed by atoms with Crippen LogP contribution in [-0.2, 0) is 6.42 Å². The van der Waals surface area contributed by atoms with E-state index in [0.29, 0.717) is 12.2 Å². The molecule has 0 fully saturated rings. The largest absolute Gasteiger partial charge is 0.439 e. The van der Waals surface area contributed by atoms with E-state index in [4.69, 9.17) is 15.7 Å². The molecule has 0 radical (unpaired) electrons. The molecule has 0 aliphatic heterocycles. The Labute approximate surface area is 114 Å². The van der Waals surface area contributed by atoms with Crippen LogP contribution in [0.25, 0.3) is 0 Å². The first-order valence-corrected chi connectivity index (χ1v) is 5.65. The van der Waals surface area contributed by atoms with Gasteiger partial charge in [0.1, 0.15) is 5.75 Å². The Morgan fingerprint density at radius 1 is 1.30 bits per heavy atom. The Morgan fingerprint density at radius 2 is 2.00 bits per heavy atom. The molecule has 0 unspecified atom stereocenters. The molecule has 1 heterocycles. The number of aromatic nitrogens is 1. The smallest absolute Gasteiger partial charge is 0.311 e. The Balaban J connectivity index is 2.16. The van der Waals surface area contributed by atoms with Gasteiger partial charge >= 0.3 is 5.69 Å². The highest BCUT2D eigenvalue weighted by atomic mass is 16.6. The molecule has 20 heavy (non-hydrogen) atoms. The molecular weight excluding hydrogens is 260 g/mol. The highest BCUT2D eigenvalue weighted by molar-refractivity contribution is 5.53. The maximum Gasteiger partial charge on any atom is 0.311 e. The lowest BCUT2D eigenvalue weighted by atomic mass is 10.2. The van der Waals surface area contributed by atoms with Gasteiger partial charge in [0.2, 0.25) is 11.7 Å². The molecule has 0 saturated carbocycles. The number of anilines is 1. The predicted octanol–water partition coefficient (Wildman–Crippen LogP) is 2.43. The summed E-state index contributed by atoms with van der Waals surface area (Å²) in [6.45, 7) is 0. The summed E-state index contributed by atoms with van der Waals surface area (Å²) in [6.07, 6.45) is 0.322. The Kier molecular flexibility index (Phi) is 3.77. The van der Waals surface area contributed by atoms with Gasteiger partial charge < -0.3 is 10.5 Å². The molecule has 0 spiro atoms. The van der Waals surface area contributed by atoms with Crippen molar-refractivity contribution >= 4 is 11.5 Å². The summed E-state index contributed by atoms with van der Waals surface area (Å²) in [6, 6.07) is 11.5. The minimum atomic E-state index is -0.608. The van der Waals surface area contributed by atoms with Gasteiger partial charge in [-0.3, -0.25) is 10.1 Å². The van der Waals surface area contributed by atoms with E-state index in [1.807, 2.05) is 6.07 Å². The normalized spacial score (nSPS) is 9.75. The van der Waals surface area contributed by atoms with Crippen molar-refractivity contribution in [1.29, 1.82) is 5.26 Å². The van der Waals surface area contributed by atoms with Crippen LogP contribution in [0, 0.1) is 21.4 Å². The Hall–Kier alpha value is -3.14. The lowest BCUT2D eigenvalue weighted by Gasteiger charge is -2.05. The zero-order valence-corrected chi connectivity index (χ0v) is 10.3. The molecule has 0 bridgehead atoms. The van der Waals surface area contributed by atoms with Crippen molar-refractivity contribution < 1.29 is 9.66 Å². The number of nitro groups is 1. The highest BCUT2D eigenvalue weighted by Crippen LogP contribution is 2.25. The van der Waals surface area contributed by atoms with Gasteiger partial charge in [0.05, 0.1) is 17.4 Å². The van der Waals surface area contributed by atoms with Crippen molar-refractivity contribution in [2.45, 2.75) is 6.42 Å². The van der Waals surface area contributed by atoms with Gasteiger partial charge in [-0.15, -0.1) is 0 Å². The third-order valence-corrected chi connectivity index (χ3v) is 2.50. The summed E-state index contributed by atoms with van der Waals surface area (Å²) < 4.78 is 5.43. The van der Waals surface area contributed by atoms with Crippen LogP contribution < -0.4 is 10.5 Å². The second-order valence-electron chi connectivity index (χ2n) is 3.89.